The van der Waals surface area contributed by atoms with Crippen molar-refractivity contribution >= 4 is 80.0 Å². The van der Waals surface area contributed by atoms with Crippen LogP contribution in [0.4, 0.5) is 17.1 Å². The van der Waals surface area contributed by atoms with Gasteiger partial charge in [0.2, 0.25) is 0 Å². The standard InChI is InChI=1S/C27H19I2N3O3/c28-20-8-4-10-22(15-20)30-26(34)18-12-19(27(35)31-23-11-5-9-21(29)16-23)14-24(13-18)32-25(33)17-6-2-1-3-7-17/h1-16H,(H,30,34)(H,31,35)(H,32,33). The van der Waals surface area contributed by atoms with Crippen LogP contribution in [0.15, 0.2) is 97.1 Å². The van der Waals surface area contributed by atoms with Gasteiger partial charge in [-0.15, -0.1) is 0 Å². The number of carbonyl (C=O) groups excluding carboxylic acids is 3. The van der Waals surface area contributed by atoms with E-state index >= 15 is 0 Å². The largest absolute Gasteiger partial charge is 0.322 e. The van der Waals surface area contributed by atoms with Crippen LogP contribution in [-0.2, 0) is 0 Å². The number of halogens is 2. The number of nitrogens with one attached hydrogen (secondary N) is 3. The number of carbonyl (C=O) groups is 3. The molecule has 35 heavy (non-hydrogen) atoms. The highest BCUT2D eigenvalue weighted by Gasteiger charge is 2.16. The fourth-order valence-electron chi connectivity index (χ4n) is 3.29. The molecule has 4 aromatic rings. The van der Waals surface area contributed by atoms with Crippen molar-refractivity contribution in [3.8, 4) is 0 Å². The average Bonchev–Trinajstić information content (AvgIpc) is 2.84. The third-order valence-corrected chi connectivity index (χ3v) is 6.26. The Labute approximate surface area is 229 Å². The van der Waals surface area contributed by atoms with Gasteiger partial charge in [-0.1, -0.05) is 30.3 Å². The van der Waals surface area contributed by atoms with E-state index in [0.717, 1.165) is 7.14 Å². The molecule has 4 rings (SSSR count). The second-order valence-corrected chi connectivity index (χ2v) is 10.0. The minimum absolute atomic E-state index is 0.238. The van der Waals surface area contributed by atoms with Gasteiger partial charge in [0, 0.05) is 40.9 Å². The zero-order valence-corrected chi connectivity index (χ0v) is 22.5. The van der Waals surface area contributed by atoms with E-state index in [2.05, 4.69) is 61.1 Å². The molecule has 0 aliphatic carbocycles. The summed E-state index contributed by atoms with van der Waals surface area (Å²) in [6.07, 6.45) is 0. The Hall–Kier alpha value is -3.25. The molecule has 0 unspecified atom stereocenters. The highest BCUT2D eigenvalue weighted by Crippen LogP contribution is 2.21. The Kier molecular flexibility index (Phi) is 8.13. The molecular weight excluding hydrogens is 668 g/mol. The Balaban J connectivity index is 1.65. The van der Waals surface area contributed by atoms with Gasteiger partial charge >= 0.3 is 0 Å². The summed E-state index contributed by atoms with van der Waals surface area (Å²) in [6, 6.07) is 28.1. The summed E-state index contributed by atoms with van der Waals surface area (Å²) in [4.78, 5) is 38.8. The van der Waals surface area contributed by atoms with E-state index in [0.29, 0.717) is 22.6 Å². The summed E-state index contributed by atoms with van der Waals surface area (Å²) in [5, 5.41) is 8.48. The van der Waals surface area contributed by atoms with Gasteiger partial charge in [0.25, 0.3) is 17.7 Å². The molecule has 8 heteroatoms. The van der Waals surface area contributed by atoms with Crippen LogP contribution in [0.2, 0.25) is 0 Å². The number of hydrogen-bond donors (Lipinski definition) is 3. The maximum absolute atomic E-state index is 13.1. The zero-order valence-electron chi connectivity index (χ0n) is 18.2. The van der Waals surface area contributed by atoms with Gasteiger partial charge in [-0.05, 0) is 112 Å². The second kappa shape index (κ2) is 11.5. The number of anilines is 3. The summed E-state index contributed by atoms with van der Waals surface area (Å²) in [6.45, 7) is 0. The summed E-state index contributed by atoms with van der Waals surface area (Å²) in [5.41, 5.74) is 2.54. The number of amides is 3. The molecule has 0 saturated heterocycles. The molecular formula is C27H19I2N3O3. The van der Waals surface area contributed by atoms with Crippen molar-refractivity contribution in [1.82, 2.24) is 0 Å². The van der Waals surface area contributed by atoms with E-state index in [9.17, 15) is 14.4 Å². The summed E-state index contributed by atoms with van der Waals surface area (Å²) in [7, 11) is 0. The number of hydrogen-bond acceptors (Lipinski definition) is 3. The van der Waals surface area contributed by atoms with E-state index in [-0.39, 0.29) is 17.0 Å². The molecule has 0 bridgehead atoms. The van der Waals surface area contributed by atoms with Crippen LogP contribution in [0.25, 0.3) is 0 Å². The van der Waals surface area contributed by atoms with E-state index in [1.807, 2.05) is 42.5 Å². The van der Waals surface area contributed by atoms with Crippen molar-refractivity contribution < 1.29 is 14.4 Å². The van der Waals surface area contributed by atoms with Gasteiger partial charge in [-0.25, -0.2) is 0 Å². The molecule has 3 amide bonds. The average molecular weight is 687 g/mol. The Bertz CT molecular complexity index is 1330. The zero-order chi connectivity index (χ0) is 24.8. The molecule has 0 aliphatic rings. The van der Waals surface area contributed by atoms with Crippen LogP contribution in [0.1, 0.15) is 31.1 Å². The molecule has 0 saturated carbocycles. The predicted molar refractivity (Wildman–Crippen MR) is 155 cm³/mol. The molecule has 0 aromatic heterocycles. The fourth-order valence-corrected chi connectivity index (χ4v) is 4.38. The van der Waals surface area contributed by atoms with Crippen LogP contribution in [0.3, 0.4) is 0 Å². The summed E-state index contributed by atoms with van der Waals surface area (Å²) >= 11 is 4.33. The molecule has 0 heterocycles. The van der Waals surface area contributed by atoms with Gasteiger partial charge in [0.1, 0.15) is 0 Å². The first-order valence-electron chi connectivity index (χ1n) is 10.5. The Morgan fingerprint density at radius 2 is 0.914 bits per heavy atom. The van der Waals surface area contributed by atoms with Gasteiger partial charge in [-0.2, -0.15) is 0 Å². The minimum Gasteiger partial charge on any atom is -0.322 e. The highest BCUT2D eigenvalue weighted by molar-refractivity contribution is 14.1. The van der Waals surface area contributed by atoms with Crippen molar-refractivity contribution in [3.05, 3.63) is 121 Å². The van der Waals surface area contributed by atoms with Crippen molar-refractivity contribution in [3.63, 3.8) is 0 Å². The van der Waals surface area contributed by atoms with Crippen LogP contribution in [0, 0.1) is 7.14 Å². The summed E-state index contributed by atoms with van der Waals surface area (Å²) < 4.78 is 1.95. The van der Waals surface area contributed by atoms with Gasteiger partial charge < -0.3 is 16.0 Å². The van der Waals surface area contributed by atoms with Gasteiger partial charge in [0.15, 0.2) is 0 Å². The lowest BCUT2D eigenvalue weighted by Gasteiger charge is -2.12. The van der Waals surface area contributed by atoms with Crippen LogP contribution < -0.4 is 16.0 Å². The Morgan fingerprint density at radius 3 is 1.40 bits per heavy atom. The normalized spacial score (nSPS) is 10.3. The monoisotopic (exact) mass is 687 g/mol. The molecule has 4 aromatic carbocycles. The third kappa shape index (κ3) is 6.89. The lowest BCUT2D eigenvalue weighted by Crippen LogP contribution is -2.18. The number of rotatable bonds is 6. The van der Waals surface area contributed by atoms with Crippen molar-refractivity contribution in [2.45, 2.75) is 0 Å². The molecule has 0 spiro atoms. The molecule has 0 atom stereocenters. The Morgan fingerprint density at radius 1 is 0.457 bits per heavy atom. The minimum atomic E-state index is -0.397. The maximum atomic E-state index is 13.1. The first-order valence-corrected chi connectivity index (χ1v) is 12.7. The first kappa shape index (κ1) is 24.9. The maximum Gasteiger partial charge on any atom is 0.255 e. The summed E-state index contributed by atoms with van der Waals surface area (Å²) in [5.74, 6) is -1.14. The topological polar surface area (TPSA) is 87.3 Å². The van der Waals surface area contributed by atoms with Crippen molar-refractivity contribution in [2.24, 2.45) is 0 Å². The number of benzene rings is 4. The molecule has 3 N–H and O–H groups in total. The van der Waals surface area contributed by atoms with Crippen LogP contribution in [-0.4, -0.2) is 17.7 Å². The van der Waals surface area contributed by atoms with E-state index in [1.165, 1.54) is 6.07 Å². The smallest absolute Gasteiger partial charge is 0.255 e. The highest BCUT2D eigenvalue weighted by atomic mass is 127. The van der Waals surface area contributed by atoms with Gasteiger partial charge in [-0.3, -0.25) is 14.4 Å². The SMILES string of the molecule is O=C(Nc1cc(C(=O)Nc2cccc(I)c2)cc(C(=O)Nc2cccc(I)c2)c1)c1ccccc1. The fraction of sp³-hybridized carbons (Fsp3) is 0. The van der Waals surface area contributed by atoms with Gasteiger partial charge in [0.05, 0.1) is 0 Å². The van der Waals surface area contributed by atoms with Crippen LogP contribution in [0.5, 0.6) is 0 Å². The predicted octanol–water partition coefficient (Wildman–Crippen LogP) is 6.65. The van der Waals surface area contributed by atoms with E-state index in [4.69, 9.17) is 0 Å². The lowest BCUT2D eigenvalue weighted by molar-refractivity contribution is 0.101. The molecule has 0 fully saturated rings. The molecule has 0 radical (unpaired) electrons. The first-order chi connectivity index (χ1) is 16.9. The quantitative estimate of drug-likeness (QED) is 0.199. The molecule has 174 valence electrons. The molecule has 6 nitrogen and oxygen atoms in total. The van der Waals surface area contributed by atoms with E-state index in [1.54, 1.807) is 48.5 Å². The van der Waals surface area contributed by atoms with E-state index < -0.39 is 11.8 Å². The van der Waals surface area contributed by atoms with Crippen LogP contribution >= 0.6 is 45.2 Å². The van der Waals surface area contributed by atoms with Crippen molar-refractivity contribution in [2.75, 3.05) is 16.0 Å². The second-order valence-electron chi connectivity index (χ2n) is 7.55. The molecule has 0 aliphatic heterocycles. The lowest BCUT2D eigenvalue weighted by atomic mass is 10.1. The van der Waals surface area contributed by atoms with Crippen molar-refractivity contribution in [1.29, 1.82) is 0 Å². The third-order valence-electron chi connectivity index (χ3n) is 4.92.